The number of benzene rings is 1. The van der Waals surface area contributed by atoms with E-state index in [-0.39, 0.29) is 23.8 Å². The van der Waals surface area contributed by atoms with Crippen molar-refractivity contribution in [2.75, 3.05) is 13.1 Å². The summed E-state index contributed by atoms with van der Waals surface area (Å²) in [4.78, 5) is 49.2. The summed E-state index contributed by atoms with van der Waals surface area (Å²) in [6, 6.07) is 10.8. The zero-order valence-corrected chi connectivity index (χ0v) is 18.8. The molecule has 0 radical (unpaired) electrons. The zero-order chi connectivity index (χ0) is 23.4. The lowest BCUT2D eigenvalue weighted by Gasteiger charge is -2.39. The van der Waals surface area contributed by atoms with Crippen LogP contribution in [-0.2, 0) is 6.54 Å². The average Bonchev–Trinajstić information content (AvgIpc) is 3.51. The first kappa shape index (κ1) is 21.3. The molecule has 10 nitrogen and oxygen atoms in total. The Hall–Kier alpha value is -3.24. The third kappa shape index (κ3) is 3.48. The first-order valence-corrected chi connectivity index (χ1v) is 12.0. The third-order valence-corrected chi connectivity index (χ3v) is 7.70. The first-order chi connectivity index (χ1) is 16.5. The van der Waals surface area contributed by atoms with E-state index in [1.165, 1.54) is 10.5 Å². The van der Waals surface area contributed by atoms with Gasteiger partial charge < -0.3 is 14.6 Å². The van der Waals surface area contributed by atoms with Crippen molar-refractivity contribution in [3.05, 3.63) is 63.1 Å². The van der Waals surface area contributed by atoms with Crippen LogP contribution >= 0.6 is 0 Å². The number of hydrogen-bond acceptors (Lipinski definition) is 6. The van der Waals surface area contributed by atoms with Crippen LogP contribution in [-0.4, -0.2) is 71.3 Å². The molecular weight excluding hydrogens is 436 g/mol. The standard InChI is InChI=1S/C24H28N6O4/c31-19-8-9-27(13-19)24(34)30-22-20(21(32)26-23(30)33)25-14-29(22)18-10-16-6-7-17(11-18)28(16)12-15-4-2-1-3-5-15/h1-5,14,16-19,31H,6-13H2,(H,26,32,33). The Labute approximate surface area is 195 Å². The van der Waals surface area contributed by atoms with Crippen molar-refractivity contribution >= 4 is 17.2 Å². The maximum Gasteiger partial charge on any atom is 0.338 e. The number of H-pyrrole nitrogens is 1. The second-order valence-electron chi connectivity index (χ2n) is 9.76. The lowest BCUT2D eigenvalue weighted by molar-refractivity contribution is 0.100. The number of rotatable bonds is 3. The number of fused-ring (bicyclic) bond motifs is 3. The molecule has 3 atom stereocenters. The number of amides is 1. The van der Waals surface area contributed by atoms with Gasteiger partial charge in [-0.3, -0.25) is 14.7 Å². The van der Waals surface area contributed by atoms with E-state index in [1.807, 2.05) is 10.6 Å². The van der Waals surface area contributed by atoms with Gasteiger partial charge in [0.05, 0.1) is 12.4 Å². The third-order valence-electron chi connectivity index (χ3n) is 7.70. The molecule has 6 rings (SSSR count). The van der Waals surface area contributed by atoms with Gasteiger partial charge >= 0.3 is 11.7 Å². The van der Waals surface area contributed by atoms with Crippen molar-refractivity contribution < 1.29 is 9.90 Å². The molecule has 2 aromatic heterocycles. The minimum atomic E-state index is -0.768. The van der Waals surface area contributed by atoms with Crippen LogP contribution in [0.25, 0.3) is 11.2 Å². The molecule has 178 valence electrons. The van der Waals surface area contributed by atoms with Crippen LogP contribution in [0.15, 0.2) is 46.2 Å². The molecule has 3 unspecified atom stereocenters. The van der Waals surface area contributed by atoms with E-state index >= 15 is 0 Å². The number of piperidine rings is 1. The number of aromatic amines is 1. The normalized spacial score (nSPS) is 27.0. The summed E-state index contributed by atoms with van der Waals surface area (Å²) in [5.74, 6) is 0. The number of aliphatic hydroxyl groups is 1. The molecule has 3 aliphatic rings. The molecule has 0 spiro atoms. The minimum absolute atomic E-state index is 0.0407. The Morgan fingerprint density at radius 3 is 2.47 bits per heavy atom. The fourth-order valence-corrected chi connectivity index (χ4v) is 6.07. The molecule has 5 heterocycles. The molecule has 34 heavy (non-hydrogen) atoms. The van der Waals surface area contributed by atoms with Crippen molar-refractivity contribution in [2.24, 2.45) is 0 Å². The Bertz CT molecular complexity index is 1330. The maximum atomic E-state index is 13.3. The summed E-state index contributed by atoms with van der Waals surface area (Å²) in [7, 11) is 0. The molecule has 3 aromatic rings. The lowest BCUT2D eigenvalue weighted by Crippen LogP contribution is -2.44. The van der Waals surface area contributed by atoms with Crippen molar-refractivity contribution in [3.8, 4) is 0 Å². The highest BCUT2D eigenvalue weighted by Crippen LogP contribution is 2.42. The van der Waals surface area contributed by atoms with Crippen LogP contribution in [0, 0.1) is 0 Å². The number of nitrogens with one attached hydrogen (secondary N) is 1. The van der Waals surface area contributed by atoms with E-state index in [2.05, 4.69) is 39.1 Å². The number of imidazole rings is 1. The molecule has 3 saturated heterocycles. The van der Waals surface area contributed by atoms with Gasteiger partial charge in [-0.05, 0) is 37.7 Å². The SMILES string of the molecule is O=C(N1CCC(O)C1)n1c(=O)[nH]c(=O)c2ncn(C3CC4CCC(C3)N4Cc3ccccc3)c21. The van der Waals surface area contributed by atoms with Crippen LogP contribution < -0.4 is 11.2 Å². The highest BCUT2D eigenvalue weighted by Gasteiger charge is 2.42. The van der Waals surface area contributed by atoms with E-state index in [1.54, 1.807) is 6.33 Å². The Kier molecular flexibility index (Phi) is 5.14. The average molecular weight is 465 g/mol. The highest BCUT2D eigenvalue weighted by atomic mass is 16.3. The topological polar surface area (TPSA) is 116 Å². The second-order valence-corrected chi connectivity index (χ2v) is 9.76. The molecule has 3 aliphatic heterocycles. The number of aliphatic hydroxyl groups excluding tert-OH is 1. The fraction of sp³-hybridized carbons (Fsp3) is 0.500. The highest BCUT2D eigenvalue weighted by molar-refractivity contribution is 5.86. The van der Waals surface area contributed by atoms with Gasteiger partial charge in [-0.25, -0.2) is 14.6 Å². The quantitative estimate of drug-likeness (QED) is 0.603. The summed E-state index contributed by atoms with van der Waals surface area (Å²) in [6.45, 7) is 1.44. The summed E-state index contributed by atoms with van der Waals surface area (Å²) < 4.78 is 2.89. The van der Waals surface area contributed by atoms with Gasteiger partial charge in [-0.15, -0.1) is 0 Å². The van der Waals surface area contributed by atoms with Crippen LogP contribution in [0.2, 0.25) is 0 Å². The molecule has 1 amide bonds. The Morgan fingerprint density at radius 1 is 1.06 bits per heavy atom. The molecule has 0 aliphatic carbocycles. The van der Waals surface area contributed by atoms with Gasteiger partial charge in [0.25, 0.3) is 5.56 Å². The molecule has 2 bridgehead atoms. The van der Waals surface area contributed by atoms with E-state index in [4.69, 9.17) is 0 Å². The van der Waals surface area contributed by atoms with Crippen molar-refractivity contribution in [1.29, 1.82) is 0 Å². The van der Waals surface area contributed by atoms with Crippen LogP contribution in [0.5, 0.6) is 0 Å². The fourth-order valence-electron chi connectivity index (χ4n) is 6.07. The van der Waals surface area contributed by atoms with E-state index in [0.29, 0.717) is 25.0 Å². The minimum Gasteiger partial charge on any atom is -0.391 e. The number of β-amino-alcohol motifs (C(OH)–C–C–N with tert-alkyl or cyclic N) is 1. The predicted octanol–water partition coefficient (Wildman–Crippen LogP) is 1.29. The van der Waals surface area contributed by atoms with Crippen molar-refractivity contribution in [1.82, 2.24) is 28.9 Å². The van der Waals surface area contributed by atoms with Gasteiger partial charge in [0, 0.05) is 37.8 Å². The molecule has 10 heteroatoms. The van der Waals surface area contributed by atoms with Gasteiger partial charge in [-0.2, -0.15) is 4.57 Å². The maximum absolute atomic E-state index is 13.3. The molecule has 3 fully saturated rings. The largest absolute Gasteiger partial charge is 0.391 e. The summed E-state index contributed by atoms with van der Waals surface area (Å²) in [5.41, 5.74) is 0.279. The smallest absolute Gasteiger partial charge is 0.338 e. The van der Waals surface area contributed by atoms with Gasteiger partial charge in [0.1, 0.15) is 0 Å². The van der Waals surface area contributed by atoms with Crippen LogP contribution in [0.1, 0.15) is 43.7 Å². The number of carbonyl (C=O) groups is 1. The van der Waals surface area contributed by atoms with Crippen molar-refractivity contribution in [2.45, 2.75) is 62.9 Å². The zero-order valence-electron chi connectivity index (χ0n) is 18.8. The molecular formula is C24H28N6O4. The number of hydrogen-bond donors (Lipinski definition) is 2. The Balaban J connectivity index is 1.35. The predicted molar refractivity (Wildman–Crippen MR) is 125 cm³/mol. The molecule has 0 saturated carbocycles. The van der Waals surface area contributed by atoms with Crippen LogP contribution in [0.3, 0.4) is 0 Å². The number of nitrogens with zero attached hydrogens (tertiary/aromatic N) is 5. The van der Waals surface area contributed by atoms with Gasteiger partial charge in [0.2, 0.25) is 0 Å². The van der Waals surface area contributed by atoms with Gasteiger partial charge in [-0.1, -0.05) is 30.3 Å². The number of likely N-dealkylation sites (tertiary alicyclic amines) is 1. The van der Waals surface area contributed by atoms with E-state index in [0.717, 1.165) is 36.8 Å². The van der Waals surface area contributed by atoms with Gasteiger partial charge in [0.15, 0.2) is 11.2 Å². The van der Waals surface area contributed by atoms with Crippen molar-refractivity contribution in [3.63, 3.8) is 0 Å². The monoisotopic (exact) mass is 464 g/mol. The Morgan fingerprint density at radius 2 is 1.79 bits per heavy atom. The lowest BCUT2D eigenvalue weighted by atomic mass is 9.96. The second kappa shape index (κ2) is 8.21. The number of aromatic nitrogens is 4. The van der Waals surface area contributed by atoms with Crippen LogP contribution in [0.4, 0.5) is 4.79 Å². The molecule has 1 aromatic carbocycles. The van der Waals surface area contributed by atoms with E-state index in [9.17, 15) is 19.5 Å². The summed E-state index contributed by atoms with van der Waals surface area (Å²) in [5, 5.41) is 9.88. The number of carbonyl (C=O) groups excluding carboxylic acids is 1. The first-order valence-electron chi connectivity index (χ1n) is 12.0. The molecule has 2 N–H and O–H groups in total. The van der Waals surface area contributed by atoms with E-state index < -0.39 is 23.4 Å². The summed E-state index contributed by atoms with van der Waals surface area (Å²) in [6.07, 6.45) is 5.41. The summed E-state index contributed by atoms with van der Waals surface area (Å²) >= 11 is 0.